The molecule has 1 saturated heterocycles. The van der Waals surface area contributed by atoms with Crippen LogP contribution in [-0.2, 0) is 0 Å². The molecular weight excluding hydrogens is 330 g/mol. The molecule has 0 atom stereocenters. The molecule has 2 aromatic carbocycles. The highest BCUT2D eigenvalue weighted by molar-refractivity contribution is 6.17. The first-order chi connectivity index (χ1) is 12.3. The van der Waals surface area contributed by atoms with E-state index >= 15 is 0 Å². The summed E-state index contributed by atoms with van der Waals surface area (Å²) in [6.45, 7) is 3.41. The summed E-state index contributed by atoms with van der Waals surface area (Å²) in [5, 5.41) is 0. The van der Waals surface area contributed by atoms with Crippen LogP contribution in [0.2, 0.25) is 0 Å². The lowest BCUT2D eigenvalue weighted by Crippen LogP contribution is -2.31. The third-order valence-electron chi connectivity index (χ3n) is 4.81. The second-order valence-corrected chi connectivity index (χ2v) is 6.88. The molecule has 0 amide bonds. The molecule has 0 aliphatic carbocycles. The zero-order valence-electron chi connectivity index (χ0n) is 14.9. The smallest absolute Gasteiger partial charge is 0.119 e. The average Bonchev–Trinajstić information content (AvgIpc) is 2.68. The van der Waals surface area contributed by atoms with E-state index in [1.807, 2.05) is 12.1 Å². The van der Waals surface area contributed by atoms with E-state index in [4.69, 9.17) is 16.3 Å². The lowest BCUT2D eigenvalue weighted by molar-refractivity contribution is 0.258. The van der Waals surface area contributed by atoms with Crippen molar-refractivity contribution in [1.82, 2.24) is 4.90 Å². The van der Waals surface area contributed by atoms with Crippen LogP contribution in [0.5, 0.6) is 5.75 Å². The van der Waals surface area contributed by atoms with Crippen molar-refractivity contribution in [1.29, 1.82) is 0 Å². The molecule has 0 saturated carbocycles. The maximum Gasteiger partial charge on any atom is 0.119 e. The number of rotatable bonds is 6. The predicted octanol–water partition coefficient (Wildman–Crippen LogP) is 5.47. The first kappa shape index (κ1) is 18.0. The van der Waals surface area contributed by atoms with E-state index in [0.29, 0.717) is 0 Å². The van der Waals surface area contributed by atoms with Gasteiger partial charge in [-0.05, 0) is 54.6 Å². The number of benzene rings is 2. The lowest BCUT2D eigenvalue weighted by Gasteiger charge is -2.28. The molecule has 2 nitrogen and oxygen atoms in total. The zero-order chi connectivity index (χ0) is 17.5. The van der Waals surface area contributed by atoms with E-state index in [1.54, 1.807) is 7.11 Å². The number of methoxy groups -OCH3 is 1. The first-order valence-corrected chi connectivity index (χ1v) is 9.55. The van der Waals surface area contributed by atoms with Crippen molar-refractivity contribution < 1.29 is 4.74 Å². The number of hydrogen-bond donors (Lipinski definition) is 0. The summed E-state index contributed by atoms with van der Waals surface area (Å²) in [4.78, 5) is 2.52. The average molecular weight is 356 g/mol. The van der Waals surface area contributed by atoms with Crippen LogP contribution in [-0.4, -0.2) is 37.5 Å². The van der Waals surface area contributed by atoms with Crippen molar-refractivity contribution >= 4 is 17.7 Å². The van der Waals surface area contributed by atoms with Gasteiger partial charge in [0.2, 0.25) is 0 Å². The van der Waals surface area contributed by atoms with Gasteiger partial charge in [0.05, 0.1) is 7.11 Å². The minimum Gasteiger partial charge on any atom is -0.497 e. The summed E-state index contributed by atoms with van der Waals surface area (Å²) in [5.41, 5.74) is 5.29. The van der Waals surface area contributed by atoms with Crippen molar-refractivity contribution in [2.24, 2.45) is 0 Å². The molecule has 0 radical (unpaired) electrons. The Balaban J connectivity index is 1.77. The number of ether oxygens (including phenoxy) is 1. The number of likely N-dealkylation sites (tertiary alicyclic amines) is 1. The Bertz CT molecular complexity index is 715. The minimum absolute atomic E-state index is 0.757. The van der Waals surface area contributed by atoms with Crippen molar-refractivity contribution in [3.8, 4) is 16.9 Å². The van der Waals surface area contributed by atoms with Crippen molar-refractivity contribution in [2.75, 3.05) is 32.6 Å². The number of nitrogens with zero attached hydrogens (tertiary/aromatic N) is 1. The van der Waals surface area contributed by atoms with E-state index in [9.17, 15) is 0 Å². The van der Waals surface area contributed by atoms with Crippen LogP contribution < -0.4 is 4.74 Å². The number of hydrogen-bond acceptors (Lipinski definition) is 2. The third-order valence-corrected chi connectivity index (χ3v) is 5.07. The maximum atomic E-state index is 5.81. The molecule has 2 aromatic rings. The van der Waals surface area contributed by atoms with E-state index in [-0.39, 0.29) is 0 Å². The monoisotopic (exact) mass is 355 g/mol. The molecule has 1 fully saturated rings. The highest BCUT2D eigenvalue weighted by atomic mass is 35.5. The fraction of sp³-hybridized carbons (Fsp3) is 0.364. The largest absolute Gasteiger partial charge is 0.497 e. The van der Waals surface area contributed by atoms with Gasteiger partial charge in [-0.25, -0.2) is 0 Å². The van der Waals surface area contributed by atoms with Gasteiger partial charge < -0.3 is 9.64 Å². The topological polar surface area (TPSA) is 12.5 Å². The van der Waals surface area contributed by atoms with Crippen LogP contribution in [0.25, 0.3) is 17.2 Å². The summed E-state index contributed by atoms with van der Waals surface area (Å²) in [6, 6.07) is 16.9. The van der Waals surface area contributed by atoms with Gasteiger partial charge >= 0.3 is 0 Å². The van der Waals surface area contributed by atoms with Gasteiger partial charge in [-0.3, -0.25) is 0 Å². The fourth-order valence-electron chi connectivity index (χ4n) is 3.39. The number of halogens is 1. The molecule has 3 heteroatoms. The van der Waals surface area contributed by atoms with Gasteiger partial charge in [0.1, 0.15) is 5.75 Å². The van der Waals surface area contributed by atoms with Gasteiger partial charge in [0.15, 0.2) is 0 Å². The summed E-state index contributed by atoms with van der Waals surface area (Å²) in [6.07, 6.45) is 5.76. The van der Waals surface area contributed by atoms with Crippen LogP contribution >= 0.6 is 11.6 Å². The second-order valence-electron chi connectivity index (χ2n) is 6.51. The predicted molar refractivity (Wildman–Crippen MR) is 107 cm³/mol. The zero-order valence-corrected chi connectivity index (χ0v) is 15.6. The molecule has 0 N–H and O–H groups in total. The molecule has 1 heterocycles. The molecular formula is C22H26ClNO. The normalized spacial score (nSPS) is 15.2. The van der Waals surface area contributed by atoms with Gasteiger partial charge in [0.25, 0.3) is 0 Å². The van der Waals surface area contributed by atoms with Crippen LogP contribution in [0, 0.1) is 0 Å². The Hall–Kier alpha value is -1.77. The van der Waals surface area contributed by atoms with Gasteiger partial charge in [-0.1, -0.05) is 48.0 Å². The molecule has 0 bridgehead atoms. The van der Waals surface area contributed by atoms with Crippen LogP contribution in [0.1, 0.15) is 24.8 Å². The van der Waals surface area contributed by atoms with Gasteiger partial charge in [-0.15, -0.1) is 11.6 Å². The Morgan fingerprint density at radius 3 is 2.64 bits per heavy atom. The fourth-order valence-corrected chi connectivity index (χ4v) is 3.51. The van der Waals surface area contributed by atoms with Gasteiger partial charge in [0, 0.05) is 19.0 Å². The Labute approximate surface area is 156 Å². The molecule has 132 valence electrons. The standard InChI is InChI=1S/C22H26ClNO/c1-25-21-8-4-7-20(17-21)22-9-3-2-6-19(22)16-18-10-14-24(15-11-18)13-5-12-23/h2-4,6-9,16-17H,5,10-15H2,1H3. The van der Waals surface area contributed by atoms with E-state index in [2.05, 4.69) is 47.4 Å². The molecule has 3 rings (SSSR count). The van der Waals surface area contributed by atoms with E-state index in [0.717, 1.165) is 50.5 Å². The SMILES string of the molecule is COc1cccc(-c2ccccc2C=C2CCN(CCCCl)CC2)c1. The minimum atomic E-state index is 0.757. The van der Waals surface area contributed by atoms with E-state index < -0.39 is 0 Å². The Morgan fingerprint density at radius 1 is 1.08 bits per heavy atom. The summed E-state index contributed by atoms with van der Waals surface area (Å²) < 4.78 is 5.38. The third kappa shape index (κ3) is 4.87. The Morgan fingerprint density at radius 2 is 1.88 bits per heavy atom. The molecule has 1 aliphatic heterocycles. The molecule has 1 aliphatic rings. The highest BCUT2D eigenvalue weighted by Crippen LogP contribution is 2.29. The first-order valence-electron chi connectivity index (χ1n) is 9.01. The highest BCUT2D eigenvalue weighted by Gasteiger charge is 2.14. The molecule has 0 aromatic heterocycles. The number of alkyl halides is 1. The van der Waals surface area contributed by atoms with Crippen LogP contribution in [0.3, 0.4) is 0 Å². The summed E-state index contributed by atoms with van der Waals surface area (Å²) in [5.74, 6) is 1.65. The second kappa shape index (κ2) is 9.07. The van der Waals surface area contributed by atoms with Gasteiger partial charge in [-0.2, -0.15) is 0 Å². The summed E-state index contributed by atoms with van der Waals surface area (Å²) in [7, 11) is 1.71. The maximum absolute atomic E-state index is 5.81. The quantitative estimate of drug-likeness (QED) is 0.637. The Kier molecular flexibility index (Phi) is 6.55. The molecule has 0 unspecified atom stereocenters. The van der Waals surface area contributed by atoms with Crippen molar-refractivity contribution in [3.05, 3.63) is 59.7 Å². The van der Waals surface area contributed by atoms with Crippen LogP contribution in [0.15, 0.2) is 54.1 Å². The molecule has 25 heavy (non-hydrogen) atoms. The molecule has 0 spiro atoms. The van der Waals surface area contributed by atoms with Crippen molar-refractivity contribution in [2.45, 2.75) is 19.3 Å². The summed E-state index contributed by atoms with van der Waals surface area (Å²) >= 11 is 5.81. The lowest BCUT2D eigenvalue weighted by atomic mass is 9.95. The van der Waals surface area contributed by atoms with Crippen LogP contribution in [0.4, 0.5) is 0 Å². The number of piperidine rings is 1. The van der Waals surface area contributed by atoms with Crippen molar-refractivity contribution in [3.63, 3.8) is 0 Å². The van der Waals surface area contributed by atoms with E-state index in [1.165, 1.54) is 22.3 Å².